The lowest BCUT2D eigenvalue weighted by molar-refractivity contribution is -0.136. The van der Waals surface area contributed by atoms with Crippen molar-refractivity contribution in [1.29, 1.82) is 0 Å². The minimum Gasteiger partial charge on any atom is -0.481 e. The summed E-state index contributed by atoms with van der Waals surface area (Å²) >= 11 is 0. The highest BCUT2D eigenvalue weighted by Crippen LogP contribution is 2.40. The molecule has 0 saturated heterocycles. The van der Waals surface area contributed by atoms with E-state index in [0.717, 1.165) is 22.9 Å². The first-order valence-electron chi connectivity index (χ1n) is 10.9. The van der Waals surface area contributed by atoms with Crippen molar-refractivity contribution in [3.8, 4) is 0 Å². The SMILES string of the molecule is O=C(O)CCc1cc(F)c2c(c1)CCCN(C(=O)c1cc3ccc(C4CC4)cc3[nH]1)C2. The second-order valence-corrected chi connectivity index (χ2v) is 8.74. The van der Waals surface area contributed by atoms with Crippen molar-refractivity contribution >= 4 is 22.8 Å². The Morgan fingerprint density at radius 3 is 2.77 bits per heavy atom. The molecular weight excluding hydrogens is 395 g/mol. The highest BCUT2D eigenvalue weighted by Gasteiger charge is 2.26. The van der Waals surface area contributed by atoms with Gasteiger partial charge in [-0.05, 0) is 72.9 Å². The van der Waals surface area contributed by atoms with E-state index in [1.54, 1.807) is 4.90 Å². The van der Waals surface area contributed by atoms with Crippen LogP contribution in [0.2, 0.25) is 0 Å². The molecule has 0 bridgehead atoms. The number of fused-ring (bicyclic) bond motifs is 2. The molecule has 1 amide bonds. The zero-order chi connectivity index (χ0) is 21.5. The van der Waals surface area contributed by atoms with Crippen LogP contribution in [0.15, 0.2) is 36.4 Å². The number of aryl methyl sites for hydroxylation is 2. The molecule has 1 saturated carbocycles. The van der Waals surface area contributed by atoms with Gasteiger partial charge in [0.25, 0.3) is 5.91 Å². The number of aromatic nitrogens is 1. The zero-order valence-electron chi connectivity index (χ0n) is 17.3. The Kier molecular flexibility index (Phi) is 5.00. The molecule has 2 heterocycles. The van der Waals surface area contributed by atoms with E-state index in [-0.39, 0.29) is 24.7 Å². The van der Waals surface area contributed by atoms with E-state index < -0.39 is 5.97 Å². The Balaban J connectivity index is 1.38. The smallest absolute Gasteiger partial charge is 0.303 e. The molecule has 1 aliphatic heterocycles. The van der Waals surface area contributed by atoms with E-state index >= 15 is 0 Å². The number of carboxylic acid groups (broad SMARTS) is 1. The fraction of sp³-hybridized carbons (Fsp3) is 0.360. The number of carbonyl (C=O) groups excluding carboxylic acids is 1. The molecule has 0 unspecified atom stereocenters. The van der Waals surface area contributed by atoms with Crippen LogP contribution in [0.4, 0.5) is 4.39 Å². The summed E-state index contributed by atoms with van der Waals surface area (Å²) in [5.74, 6) is -0.721. The van der Waals surface area contributed by atoms with Gasteiger partial charge in [0.2, 0.25) is 0 Å². The van der Waals surface area contributed by atoms with Gasteiger partial charge in [0.1, 0.15) is 11.5 Å². The van der Waals surface area contributed by atoms with Gasteiger partial charge in [0.05, 0.1) is 0 Å². The van der Waals surface area contributed by atoms with Crippen LogP contribution in [0, 0.1) is 5.82 Å². The Hall–Kier alpha value is -3.15. The summed E-state index contributed by atoms with van der Waals surface area (Å²) in [6.07, 6.45) is 4.16. The van der Waals surface area contributed by atoms with Gasteiger partial charge in [-0.25, -0.2) is 4.39 Å². The average molecular weight is 420 g/mol. The fourth-order valence-electron chi connectivity index (χ4n) is 4.56. The molecular formula is C25H25FN2O3. The van der Waals surface area contributed by atoms with Gasteiger partial charge in [0, 0.05) is 36.0 Å². The van der Waals surface area contributed by atoms with Crippen LogP contribution in [-0.2, 0) is 24.2 Å². The molecule has 6 heteroatoms. The maximum Gasteiger partial charge on any atom is 0.303 e. The van der Waals surface area contributed by atoms with Crippen molar-refractivity contribution in [2.75, 3.05) is 6.54 Å². The predicted molar refractivity (Wildman–Crippen MR) is 116 cm³/mol. The number of H-pyrrole nitrogens is 1. The third kappa shape index (κ3) is 4.07. The molecule has 2 aliphatic rings. The quantitative estimate of drug-likeness (QED) is 0.623. The first-order chi connectivity index (χ1) is 15.0. The van der Waals surface area contributed by atoms with Gasteiger partial charge in [-0.1, -0.05) is 18.2 Å². The van der Waals surface area contributed by atoms with E-state index in [2.05, 4.69) is 23.2 Å². The number of benzene rings is 2. The Morgan fingerprint density at radius 1 is 1.16 bits per heavy atom. The number of halogens is 1. The molecule has 1 fully saturated rings. The number of amides is 1. The number of carbonyl (C=O) groups is 2. The fourth-order valence-corrected chi connectivity index (χ4v) is 4.56. The van der Waals surface area contributed by atoms with Crippen LogP contribution in [0.25, 0.3) is 10.9 Å². The lowest BCUT2D eigenvalue weighted by Gasteiger charge is -2.20. The number of nitrogens with one attached hydrogen (secondary N) is 1. The van der Waals surface area contributed by atoms with E-state index in [1.807, 2.05) is 12.1 Å². The van der Waals surface area contributed by atoms with Gasteiger partial charge < -0.3 is 15.0 Å². The van der Waals surface area contributed by atoms with Crippen LogP contribution in [0.3, 0.4) is 0 Å². The molecule has 160 valence electrons. The maximum absolute atomic E-state index is 14.9. The summed E-state index contributed by atoms with van der Waals surface area (Å²) in [5, 5.41) is 9.90. The van der Waals surface area contributed by atoms with E-state index in [1.165, 1.54) is 24.5 Å². The largest absolute Gasteiger partial charge is 0.481 e. The molecule has 31 heavy (non-hydrogen) atoms. The molecule has 0 spiro atoms. The van der Waals surface area contributed by atoms with Gasteiger partial charge in [0.15, 0.2) is 0 Å². The van der Waals surface area contributed by atoms with E-state index in [0.29, 0.717) is 42.1 Å². The first kappa shape index (κ1) is 19.8. The first-order valence-corrected chi connectivity index (χ1v) is 10.9. The van der Waals surface area contributed by atoms with Crippen molar-refractivity contribution < 1.29 is 19.1 Å². The second kappa shape index (κ2) is 7.84. The van der Waals surface area contributed by atoms with Crippen LogP contribution < -0.4 is 0 Å². The van der Waals surface area contributed by atoms with Gasteiger partial charge in [-0.2, -0.15) is 0 Å². The Morgan fingerprint density at radius 2 is 2.00 bits per heavy atom. The van der Waals surface area contributed by atoms with Crippen LogP contribution in [0.5, 0.6) is 0 Å². The lowest BCUT2D eigenvalue weighted by Crippen LogP contribution is -2.31. The molecule has 0 radical (unpaired) electrons. The monoisotopic (exact) mass is 420 g/mol. The zero-order valence-corrected chi connectivity index (χ0v) is 17.3. The minimum absolute atomic E-state index is 0.0221. The Labute approximate surface area is 179 Å². The van der Waals surface area contributed by atoms with Crippen molar-refractivity contribution in [1.82, 2.24) is 9.88 Å². The summed E-state index contributed by atoms with van der Waals surface area (Å²) in [7, 11) is 0. The van der Waals surface area contributed by atoms with Crippen molar-refractivity contribution in [2.24, 2.45) is 0 Å². The molecule has 0 atom stereocenters. The average Bonchev–Trinajstić information content (AvgIpc) is 3.54. The molecule has 5 rings (SSSR count). The van der Waals surface area contributed by atoms with Gasteiger partial charge in [-0.3, -0.25) is 9.59 Å². The molecule has 2 N–H and O–H groups in total. The van der Waals surface area contributed by atoms with Crippen LogP contribution in [-0.4, -0.2) is 33.4 Å². The van der Waals surface area contributed by atoms with Crippen molar-refractivity contribution in [3.63, 3.8) is 0 Å². The van der Waals surface area contributed by atoms with E-state index in [4.69, 9.17) is 5.11 Å². The molecule has 5 nitrogen and oxygen atoms in total. The normalized spacial score (nSPS) is 16.2. The summed E-state index contributed by atoms with van der Waals surface area (Å²) in [5.41, 5.74) is 4.93. The van der Waals surface area contributed by atoms with E-state index in [9.17, 15) is 14.0 Å². The third-order valence-corrected chi connectivity index (χ3v) is 6.41. The van der Waals surface area contributed by atoms with Gasteiger partial charge >= 0.3 is 5.97 Å². The third-order valence-electron chi connectivity index (χ3n) is 6.41. The number of carboxylic acids is 1. The summed E-state index contributed by atoms with van der Waals surface area (Å²) in [4.78, 5) is 29.0. The molecule has 2 aromatic carbocycles. The minimum atomic E-state index is -0.894. The maximum atomic E-state index is 14.9. The molecule has 3 aromatic rings. The number of aliphatic carboxylic acids is 1. The molecule has 1 aromatic heterocycles. The summed E-state index contributed by atoms with van der Waals surface area (Å²) in [6, 6.07) is 11.5. The standard InChI is InChI=1S/C25H25FN2O3/c26-21-11-15(3-8-24(29)30)10-18-2-1-9-28(14-20(18)21)25(31)23-13-19-7-6-17(16-4-5-16)12-22(19)27-23/h6-7,10-13,16,27H,1-5,8-9,14H2,(H,29,30). The van der Waals surface area contributed by atoms with Crippen LogP contribution >= 0.6 is 0 Å². The van der Waals surface area contributed by atoms with Crippen LogP contribution in [0.1, 0.15) is 64.3 Å². The number of aromatic amines is 1. The van der Waals surface area contributed by atoms with Crippen molar-refractivity contribution in [2.45, 2.75) is 51.0 Å². The lowest BCUT2D eigenvalue weighted by atomic mass is 9.98. The number of nitrogens with zero attached hydrogens (tertiary/aromatic N) is 1. The number of hydrogen-bond acceptors (Lipinski definition) is 2. The summed E-state index contributed by atoms with van der Waals surface area (Å²) < 4.78 is 14.9. The predicted octanol–water partition coefficient (Wildman–Crippen LogP) is 4.79. The summed E-state index contributed by atoms with van der Waals surface area (Å²) in [6.45, 7) is 0.780. The van der Waals surface area contributed by atoms with Crippen molar-refractivity contribution in [3.05, 3.63) is 70.2 Å². The molecule has 1 aliphatic carbocycles. The number of hydrogen-bond donors (Lipinski definition) is 2. The highest BCUT2D eigenvalue weighted by atomic mass is 19.1. The second-order valence-electron chi connectivity index (χ2n) is 8.74. The van der Waals surface area contributed by atoms with Gasteiger partial charge in [-0.15, -0.1) is 0 Å². The Bertz CT molecular complexity index is 1180. The topological polar surface area (TPSA) is 73.4 Å². The number of rotatable bonds is 5. The highest BCUT2D eigenvalue weighted by molar-refractivity contribution is 5.98.